The second-order valence-electron chi connectivity index (χ2n) is 7.68. The van der Waals surface area contributed by atoms with Gasteiger partial charge in [-0.25, -0.2) is 4.79 Å². The van der Waals surface area contributed by atoms with Gasteiger partial charge >= 0.3 is 6.16 Å². The average Bonchev–Trinajstić information content (AvgIpc) is 3.18. The van der Waals surface area contributed by atoms with Gasteiger partial charge in [-0.2, -0.15) is 0 Å². The highest BCUT2D eigenvalue weighted by molar-refractivity contribution is 6.31. The molecule has 0 saturated heterocycles. The lowest BCUT2D eigenvalue weighted by Crippen LogP contribution is -2.34. The largest absolute Gasteiger partial charge is 0.519 e. The molecule has 0 bridgehead atoms. The number of amides is 1. The topological polar surface area (TPSA) is 71.6 Å². The third-order valence-electron chi connectivity index (χ3n) is 5.67. The molecule has 5 rings (SSSR count). The molecule has 8 heteroatoms. The molecule has 1 unspecified atom stereocenters. The van der Waals surface area contributed by atoms with Crippen molar-refractivity contribution >= 4 is 46.7 Å². The number of carbonyl (C=O) groups is 2. The predicted molar refractivity (Wildman–Crippen MR) is 126 cm³/mol. The van der Waals surface area contributed by atoms with Gasteiger partial charge in [-0.15, -0.1) is 0 Å². The number of halogens is 2. The van der Waals surface area contributed by atoms with Gasteiger partial charge in [0.15, 0.2) is 0 Å². The lowest BCUT2D eigenvalue weighted by atomic mass is 9.93. The first kappa shape index (κ1) is 21.4. The lowest BCUT2D eigenvalue weighted by molar-refractivity contribution is -0.120. The van der Waals surface area contributed by atoms with E-state index in [1.54, 1.807) is 41.3 Å². The lowest BCUT2D eigenvalue weighted by Gasteiger charge is -2.33. The van der Waals surface area contributed by atoms with Crippen molar-refractivity contribution < 1.29 is 19.1 Å². The fraction of sp³-hybridized carbons (Fsp3) is 0.120. The van der Waals surface area contributed by atoms with E-state index in [0.717, 1.165) is 40.6 Å². The van der Waals surface area contributed by atoms with Gasteiger partial charge in [0, 0.05) is 33.2 Å². The maximum Gasteiger partial charge on any atom is 0.519 e. The zero-order valence-electron chi connectivity index (χ0n) is 17.3. The maximum absolute atomic E-state index is 12.1. The standard InChI is InChI=1S/C25H18Cl2N2O4/c26-16-3-8-19(9-4-16)33-25(31)32-18-6-1-15(2-7-18)24-23-20(11-12-29(24)14-30)21-13-17(27)5-10-22(21)28-23/h1-10,13-14,24,28H,11-12H2. The Balaban J connectivity index is 1.39. The zero-order valence-corrected chi connectivity index (χ0v) is 18.8. The molecule has 4 aromatic rings. The van der Waals surface area contributed by atoms with Gasteiger partial charge in [0.1, 0.15) is 11.5 Å². The van der Waals surface area contributed by atoms with Crippen LogP contribution in [0.5, 0.6) is 11.5 Å². The van der Waals surface area contributed by atoms with Crippen molar-refractivity contribution in [2.24, 2.45) is 0 Å². The van der Waals surface area contributed by atoms with E-state index in [4.69, 9.17) is 32.7 Å². The number of aromatic amines is 1. The molecular weight excluding hydrogens is 463 g/mol. The molecule has 166 valence electrons. The smallest absolute Gasteiger partial charge is 0.395 e. The summed E-state index contributed by atoms with van der Waals surface area (Å²) in [4.78, 5) is 29.1. The number of fused-ring (bicyclic) bond motifs is 3. The first-order chi connectivity index (χ1) is 16.0. The molecule has 1 atom stereocenters. The minimum absolute atomic E-state index is 0.285. The number of rotatable bonds is 4. The normalized spacial score (nSPS) is 15.2. The molecule has 0 radical (unpaired) electrons. The van der Waals surface area contributed by atoms with Crippen molar-refractivity contribution in [1.29, 1.82) is 0 Å². The summed E-state index contributed by atoms with van der Waals surface area (Å²) < 4.78 is 10.4. The van der Waals surface area contributed by atoms with Gasteiger partial charge in [0.2, 0.25) is 6.41 Å². The van der Waals surface area contributed by atoms with Crippen LogP contribution in [-0.2, 0) is 11.2 Å². The van der Waals surface area contributed by atoms with E-state index in [1.165, 1.54) is 0 Å². The van der Waals surface area contributed by atoms with Gasteiger partial charge < -0.3 is 19.4 Å². The van der Waals surface area contributed by atoms with Crippen molar-refractivity contribution in [2.75, 3.05) is 6.54 Å². The number of hydrogen-bond acceptors (Lipinski definition) is 4. The van der Waals surface area contributed by atoms with E-state index in [0.29, 0.717) is 28.1 Å². The second kappa shape index (κ2) is 8.81. The van der Waals surface area contributed by atoms with Gasteiger partial charge in [0.05, 0.1) is 6.04 Å². The Morgan fingerprint density at radius 1 is 0.939 bits per heavy atom. The molecule has 33 heavy (non-hydrogen) atoms. The molecule has 1 aromatic heterocycles. The molecule has 3 aromatic carbocycles. The fourth-order valence-electron chi connectivity index (χ4n) is 4.19. The summed E-state index contributed by atoms with van der Waals surface area (Å²) in [6.45, 7) is 0.590. The number of aromatic nitrogens is 1. The molecule has 2 heterocycles. The van der Waals surface area contributed by atoms with Crippen molar-refractivity contribution in [1.82, 2.24) is 9.88 Å². The second-order valence-corrected chi connectivity index (χ2v) is 8.55. The quantitative estimate of drug-likeness (QED) is 0.215. The minimum Gasteiger partial charge on any atom is -0.395 e. The minimum atomic E-state index is -0.855. The molecule has 1 aliphatic rings. The molecule has 0 fully saturated rings. The Hall–Kier alpha value is -3.48. The van der Waals surface area contributed by atoms with Gasteiger partial charge in [-0.05, 0) is 72.1 Å². The number of nitrogens with zero attached hydrogens (tertiary/aromatic N) is 1. The number of ether oxygens (including phenoxy) is 2. The summed E-state index contributed by atoms with van der Waals surface area (Å²) in [6, 6.07) is 18.9. The summed E-state index contributed by atoms with van der Waals surface area (Å²) in [5.41, 5.74) is 3.98. The average molecular weight is 481 g/mol. The van der Waals surface area contributed by atoms with Crippen LogP contribution in [0.15, 0.2) is 66.7 Å². The number of nitrogens with one attached hydrogen (secondary N) is 1. The van der Waals surface area contributed by atoms with Crippen molar-refractivity contribution in [2.45, 2.75) is 12.5 Å². The molecule has 6 nitrogen and oxygen atoms in total. The van der Waals surface area contributed by atoms with E-state index in [-0.39, 0.29) is 6.04 Å². The van der Waals surface area contributed by atoms with Crippen molar-refractivity contribution in [3.05, 3.63) is 93.6 Å². The van der Waals surface area contributed by atoms with E-state index in [2.05, 4.69) is 4.98 Å². The predicted octanol–water partition coefficient (Wildman–Crippen LogP) is 6.16. The van der Waals surface area contributed by atoms with Crippen molar-refractivity contribution in [3.63, 3.8) is 0 Å². The Labute approximate surface area is 199 Å². The third kappa shape index (κ3) is 4.27. The third-order valence-corrected chi connectivity index (χ3v) is 6.16. The van der Waals surface area contributed by atoms with Crippen LogP contribution < -0.4 is 9.47 Å². The Kier molecular flexibility index (Phi) is 5.70. The highest BCUT2D eigenvalue weighted by Crippen LogP contribution is 2.38. The number of hydrogen-bond donors (Lipinski definition) is 1. The van der Waals surface area contributed by atoms with E-state index in [9.17, 15) is 9.59 Å². The Morgan fingerprint density at radius 2 is 1.58 bits per heavy atom. The summed E-state index contributed by atoms with van der Waals surface area (Å²) in [5, 5.41) is 2.28. The highest BCUT2D eigenvalue weighted by Gasteiger charge is 2.31. The van der Waals surface area contributed by atoms with E-state index in [1.807, 2.05) is 30.3 Å². The van der Waals surface area contributed by atoms with Crippen LogP contribution in [0, 0.1) is 0 Å². The fourth-order valence-corrected chi connectivity index (χ4v) is 4.48. The van der Waals surface area contributed by atoms with Crippen LogP contribution in [0.1, 0.15) is 22.9 Å². The van der Waals surface area contributed by atoms with Gasteiger partial charge in [0.25, 0.3) is 0 Å². The van der Waals surface area contributed by atoms with Crippen molar-refractivity contribution in [3.8, 4) is 11.5 Å². The van der Waals surface area contributed by atoms with Crippen LogP contribution in [-0.4, -0.2) is 29.0 Å². The molecule has 0 spiro atoms. The van der Waals surface area contributed by atoms with Crippen LogP contribution in [0.4, 0.5) is 4.79 Å². The molecular formula is C25H18Cl2N2O4. The number of carbonyl (C=O) groups excluding carboxylic acids is 2. The summed E-state index contributed by atoms with van der Waals surface area (Å²) in [7, 11) is 0. The summed E-state index contributed by atoms with van der Waals surface area (Å²) in [5.74, 6) is 0.658. The molecule has 0 saturated carbocycles. The first-order valence-electron chi connectivity index (χ1n) is 10.3. The Bertz CT molecular complexity index is 1330. The molecule has 1 amide bonds. The Morgan fingerprint density at radius 3 is 2.24 bits per heavy atom. The van der Waals surface area contributed by atoms with Crippen LogP contribution in [0.3, 0.4) is 0 Å². The van der Waals surface area contributed by atoms with Gasteiger partial charge in [-0.1, -0.05) is 35.3 Å². The van der Waals surface area contributed by atoms with Crippen LogP contribution in [0.25, 0.3) is 10.9 Å². The van der Waals surface area contributed by atoms with Gasteiger partial charge in [-0.3, -0.25) is 4.79 Å². The number of benzene rings is 3. The monoisotopic (exact) mass is 480 g/mol. The molecule has 1 N–H and O–H groups in total. The summed E-state index contributed by atoms with van der Waals surface area (Å²) >= 11 is 12.0. The number of H-pyrrole nitrogens is 1. The van der Waals surface area contributed by atoms with Crippen LogP contribution >= 0.6 is 23.2 Å². The molecule has 0 aliphatic carbocycles. The van der Waals surface area contributed by atoms with E-state index < -0.39 is 6.16 Å². The summed E-state index contributed by atoms with van der Waals surface area (Å²) in [6.07, 6.45) is 0.745. The van der Waals surface area contributed by atoms with E-state index >= 15 is 0 Å². The molecule has 1 aliphatic heterocycles. The van der Waals surface area contributed by atoms with Crippen LogP contribution in [0.2, 0.25) is 10.0 Å². The SMILES string of the molecule is O=CN1CCc2c([nH]c3ccc(Cl)cc23)C1c1ccc(OC(=O)Oc2ccc(Cl)cc2)cc1. The maximum atomic E-state index is 12.1. The zero-order chi connectivity index (χ0) is 22.9. The highest BCUT2D eigenvalue weighted by atomic mass is 35.5. The first-order valence-corrected chi connectivity index (χ1v) is 11.0.